The molecule has 6 aromatic carbocycles. The standard InChI is InChI=1S/C53H48O3/c1-9-49(39-16-12-10-13-17-39)55-35-37-20-24-41(25-21-37)53(42-26-22-38(23-27-42)36(2)56-50(34-54)40-18-14-11-15-19-40)47-32-43(51(3,4)5)28-30-45(47)46-31-29-44(33-48(46)53)52(6,7)8/h1,10-33,49H,2,35H2,3-8H3. The highest BCUT2D eigenvalue weighted by Gasteiger charge is 2.47. The molecule has 6 aromatic rings. The fourth-order valence-electron chi connectivity index (χ4n) is 7.76. The molecule has 0 fully saturated rings. The van der Waals surface area contributed by atoms with Crippen molar-refractivity contribution in [2.75, 3.05) is 0 Å². The molecule has 3 nitrogen and oxygen atoms in total. The van der Waals surface area contributed by atoms with Crippen LogP contribution >= 0.6 is 0 Å². The van der Waals surface area contributed by atoms with E-state index in [0.29, 0.717) is 17.9 Å². The van der Waals surface area contributed by atoms with E-state index < -0.39 is 11.5 Å². The Kier molecular flexibility index (Phi) is 10.3. The highest BCUT2D eigenvalue weighted by atomic mass is 16.5. The van der Waals surface area contributed by atoms with E-state index in [9.17, 15) is 4.79 Å². The molecule has 0 aliphatic heterocycles. The Balaban J connectivity index is 1.37. The van der Waals surface area contributed by atoms with E-state index in [2.05, 4.69) is 127 Å². The summed E-state index contributed by atoms with van der Waals surface area (Å²) in [5.41, 5.74) is 12.3. The van der Waals surface area contributed by atoms with Crippen molar-refractivity contribution < 1.29 is 14.3 Å². The summed E-state index contributed by atoms with van der Waals surface area (Å²) in [6.45, 7) is 18.2. The molecule has 0 aromatic heterocycles. The van der Waals surface area contributed by atoms with Crippen molar-refractivity contribution in [2.24, 2.45) is 0 Å². The minimum atomic E-state index is -0.656. The van der Waals surface area contributed by atoms with Gasteiger partial charge in [0.05, 0.1) is 12.0 Å². The lowest BCUT2D eigenvalue weighted by Crippen LogP contribution is -2.30. The average Bonchev–Trinajstić information content (AvgIpc) is 3.50. The monoisotopic (exact) mass is 732 g/mol. The van der Waals surface area contributed by atoms with Gasteiger partial charge in [-0.25, -0.2) is 4.79 Å². The largest absolute Gasteiger partial charge is 0.445 e. The molecule has 1 aliphatic rings. The molecule has 278 valence electrons. The first kappa shape index (κ1) is 38.1. The minimum Gasteiger partial charge on any atom is -0.445 e. The van der Waals surface area contributed by atoms with Crippen molar-refractivity contribution in [3.63, 3.8) is 0 Å². The zero-order valence-corrected chi connectivity index (χ0v) is 33.2. The number of benzene rings is 6. The Bertz CT molecular complexity index is 2400. The van der Waals surface area contributed by atoms with Gasteiger partial charge in [-0.1, -0.05) is 200 Å². The zero-order chi connectivity index (χ0) is 39.7. The second-order valence-electron chi connectivity index (χ2n) is 16.6. The lowest BCUT2D eigenvalue weighted by atomic mass is 9.66. The molecule has 7 rings (SSSR count). The molecule has 1 aliphatic carbocycles. The molecule has 1 unspecified atom stereocenters. The Hall–Kier alpha value is -6.17. The molecular formula is C53H48O3. The highest BCUT2D eigenvalue weighted by molar-refractivity contribution is 5.88. The fraction of sp³-hybridized carbons (Fsp3) is 0.208. The van der Waals surface area contributed by atoms with E-state index in [1.165, 1.54) is 33.4 Å². The summed E-state index contributed by atoms with van der Waals surface area (Å²) in [5.74, 6) is 5.23. The first-order chi connectivity index (χ1) is 26.8. The normalized spacial score (nSPS) is 13.4. The number of ether oxygens (including phenoxy) is 2. The summed E-state index contributed by atoms with van der Waals surface area (Å²) in [7, 11) is 0. The van der Waals surface area contributed by atoms with Gasteiger partial charge in [0, 0.05) is 11.1 Å². The third-order valence-electron chi connectivity index (χ3n) is 10.9. The summed E-state index contributed by atoms with van der Waals surface area (Å²) in [6, 6.07) is 50.4. The fourth-order valence-corrected chi connectivity index (χ4v) is 7.76. The van der Waals surface area contributed by atoms with Crippen LogP contribution in [0.5, 0.6) is 0 Å². The maximum atomic E-state index is 12.0. The molecule has 0 saturated carbocycles. The van der Waals surface area contributed by atoms with Crippen LogP contribution in [0.2, 0.25) is 0 Å². The topological polar surface area (TPSA) is 35.5 Å². The van der Waals surface area contributed by atoms with Crippen LogP contribution in [0.4, 0.5) is 0 Å². The van der Waals surface area contributed by atoms with E-state index >= 15 is 0 Å². The van der Waals surface area contributed by atoms with Gasteiger partial charge < -0.3 is 9.47 Å². The lowest BCUT2D eigenvalue weighted by molar-refractivity contribution is 0.0782. The van der Waals surface area contributed by atoms with Crippen molar-refractivity contribution in [3.8, 4) is 23.5 Å². The first-order valence-corrected chi connectivity index (χ1v) is 19.2. The SMILES string of the molecule is C#CC(OCc1ccc(C2(c3ccc(C(=C)OC(=C=O)c4ccccc4)cc3)c3cc(C(C)(C)C)ccc3-c3ccc(C(C)(C)C)cc32)cc1)c1ccccc1. The maximum absolute atomic E-state index is 12.0. The van der Waals surface area contributed by atoms with Crippen LogP contribution in [0.15, 0.2) is 152 Å². The number of fused-ring (bicyclic) bond motifs is 3. The first-order valence-electron chi connectivity index (χ1n) is 19.2. The molecule has 1 atom stereocenters. The van der Waals surface area contributed by atoms with E-state index in [0.717, 1.165) is 27.8 Å². The van der Waals surface area contributed by atoms with Crippen LogP contribution in [0.25, 0.3) is 22.6 Å². The average molecular weight is 733 g/mol. The quantitative estimate of drug-likeness (QED) is 0.0798. The number of carbonyl (C=O) groups excluding carboxylic acids is 1. The summed E-state index contributed by atoms with van der Waals surface area (Å²) in [4.78, 5) is 12.0. The van der Waals surface area contributed by atoms with Crippen LogP contribution in [-0.4, -0.2) is 5.94 Å². The molecule has 56 heavy (non-hydrogen) atoms. The van der Waals surface area contributed by atoms with E-state index in [4.69, 9.17) is 15.9 Å². The lowest BCUT2D eigenvalue weighted by Gasteiger charge is -2.36. The van der Waals surface area contributed by atoms with Gasteiger partial charge >= 0.3 is 0 Å². The molecule has 0 N–H and O–H groups in total. The number of hydrogen-bond acceptors (Lipinski definition) is 3. The van der Waals surface area contributed by atoms with Gasteiger partial charge in [-0.15, -0.1) is 6.42 Å². The number of hydrogen-bond donors (Lipinski definition) is 0. The van der Waals surface area contributed by atoms with E-state index in [1.54, 1.807) is 0 Å². The third-order valence-corrected chi connectivity index (χ3v) is 10.9. The minimum absolute atomic E-state index is 0.0683. The van der Waals surface area contributed by atoms with Crippen molar-refractivity contribution in [2.45, 2.75) is 70.5 Å². The van der Waals surface area contributed by atoms with Gasteiger partial charge in [0.2, 0.25) is 5.76 Å². The summed E-state index contributed by atoms with van der Waals surface area (Å²) < 4.78 is 12.3. The van der Waals surface area contributed by atoms with E-state index in [-0.39, 0.29) is 16.6 Å². The smallest absolute Gasteiger partial charge is 0.217 e. The molecule has 0 radical (unpaired) electrons. The van der Waals surface area contributed by atoms with Crippen LogP contribution < -0.4 is 0 Å². The van der Waals surface area contributed by atoms with Crippen molar-refractivity contribution in [1.29, 1.82) is 0 Å². The predicted molar refractivity (Wildman–Crippen MR) is 230 cm³/mol. The van der Waals surface area contributed by atoms with Crippen LogP contribution in [0.3, 0.4) is 0 Å². The van der Waals surface area contributed by atoms with Crippen LogP contribution in [0.1, 0.15) is 103 Å². The van der Waals surface area contributed by atoms with Gasteiger partial charge in [0.15, 0.2) is 5.94 Å². The Labute approximate surface area is 332 Å². The summed E-state index contributed by atoms with van der Waals surface area (Å²) >= 11 is 0. The third kappa shape index (κ3) is 7.18. The van der Waals surface area contributed by atoms with E-state index in [1.807, 2.05) is 78.7 Å². The van der Waals surface area contributed by atoms with Gasteiger partial charge in [-0.3, -0.25) is 0 Å². The molecular weight excluding hydrogens is 685 g/mol. The second-order valence-corrected chi connectivity index (χ2v) is 16.6. The molecule has 3 heteroatoms. The second kappa shape index (κ2) is 15.2. The Morgan fingerprint density at radius 2 is 1.16 bits per heavy atom. The summed E-state index contributed by atoms with van der Waals surface area (Å²) in [5, 5.41) is 0. The van der Waals surface area contributed by atoms with Crippen molar-refractivity contribution in [3.05, 3.63) is 208 Å². The molecule has 0 bridgehead atoms. The maximum Gasteiger partial charge on any atom is 0.217 e. The summed E-state index contributed by atoms with van der Waals surface area (Å²) in [6.07, 6.45) is 5.47. The predicted octanol–water partition coefficient (Wildman–Crippen LogP) is 12.4. The van der Waals surface area contributed by atoms with Gasteiger partial charge in [-0.05, 0) is 66.5 Å². The van der Waals surface area contributed by atoms with Crippen molar-refractivity contribution >= 4 is 17.5 Å². The van der Waals surface area contributed by atoms with Crippen molar-refractivity contribution in [1.82, 2.24) is 0 Å². The zero-order valence-electron chi connectivity index (χ0n) is 33.2. The van der Waals surface area contributed by atoms with Crippen LogP contribution in [0, 0.1) is 12.3 Å². The number of rotatable bonds is 10. The molecule has 0 heterocycles. The van der Waals surface area contributed by atoms with Gasteiger partial charge in [0.1, 0.15) is 11.9 Å². The van der Waals surface area contributed by atoms with Gasteiger partial charge in [0.25, 0.3) is 0 Å². The van der Waals surface area contributed by atoms with Gasteiger partial charge in [-0.2, -0.15) is 0 Å². The number of terminal acetylenes is 1. The highest BCUT2D eigenvalue weighted by Crippen LogP contribution is 2.57. The van der Waals surface area contributed by atoms with Crippen LogP contribution in [-0.2, 0) is 37.1 Å². The Morgan fingerprint density at radius 1 is 0.661 bits per heavy atom. The molecule has 0 amide bonds. The Morgan fingerprint density at radius 3 is 1.64 bits per heavy atom. The molecule has 0 spiro atoms. The molecule has 0 saturated heterocycles.